The van der Waals surface area contributed by atoms with Gasteiger partial charge in [-0.05, 0) is 37.6 Å². The van der Waals surface area contributed by atoms with Crippen molar-refractivity contribution in [3.8, 4) is 5.75 Å². The van der Waals surface area contributed by atoms with E-state index in [2.05, 4.69) is 4.98 Å². The number of benzene rings is 1. The van der Waals surface area contributed by atoms with Crippen LogP contribution in [0.2, 0.25) is 0 Å². The number of nitrogens with one attached hydrogen (secondary N) is 1. The van der Waals surface area contributed by atoms with E-state index in [1.807, 2.05) is 19.1 Å². The normalized spacial score (nSPS) is 12.9. The molecule has 0 bridgehead atoms. The molecule has 0 radical (unpaired) electrons. The maximum absolute atomic E-state index is 12.9. The van der Waals surface area contributed by atoms with E-state index >= 15 is 0 Å². The predicted octanol–water partition coefficient (Wildman–Crippen LogP) is 2.41. The van der Waals surface area contributed by atoms with E-state index in [-0.39, 0.29) is 36.4 Å². The molecule has 2 N–H and O–H groups in total. The zero-order chi connectivity index (χ0) is 20.6. The molecule has 7 nitrogen and oxygen atoms in total. The van der Waals surface area contributed by atoms with Crippen LogP contribution in [-0.2, 0) is 17.9 Å². The molecule has 0 unspecified atom stereocenters. The number of aryl methyl sites for hydroxylation is 2. The number of fused-ring (bicyclic) bond motifs is 1. The number of carbonyl (C=O) groups excluding carboxylic acids is 2. The Morgan fingerprint density at radius 3 is 2.68 bits per heavy atom. The summed E-state index contributed by atoms with van der Waals surface area (Å²) in [5, 5.41) is 18.6. The number of phenolic OH excluding ortho intramolecular Hbond substituents is 1. The minimum atomic E-state index is -0.149. The van der Waals surface area contributed by atoms with Gasteiger partial charge in [0.1, 0.15) is 17.3 Å². The predicted molar refractivity (Wildman–Crippen MR) is 106 cm³/mol. The average Bonchev–Trinajstić information content (AvgIpc) is 2.94. The molecule has 2 heterocycles. The molecule has 1 aliphatic heterocycles. The van der Waals surface area contributed by atoms with Gasteiger partial charge < -0.3 is 14.9 Å². The number of aromatic hydroxyl groups is 1. The molecule has 3 rings (SSSR count). The summed E-state index contributed by atoms with van der Waals surface area (Å²) in [5.74, 6) is 0.0636. The third-order valence-corrected chi connectivity index (χ3v) is 5.00. The van der Waals surface area contributed by atoms with Crippen LogP contribution in [0.15, 0.2) is 24.3 Å². The molecule has 1 aliphatic rings. The van der Waals surface area contributed by atoms with Crippen LogP contribution in [0.4, 0.5) is 0 Å². The van der Waals surface area contributed by atoms with Gasteiger partial charge in [0.2, 0.25) is 5.91 Å². The topological polar surface area (TPSA) is 97.6 Å². The highest BCUT2D eigenvalue weighted by Gasteiger charge is 2.27. The molecule has 1 amide bonds. The van der Waals surface area contributed by atoms with E-state index in [4.69, 9.17) is 5.41 Å². The second-order valence-corrected chi connectivity index (χ2v) is 7.26. The number of nitrogens with zero attached hydrogens (tertiary/aromatic N) is 3. The van der Waals surface area contributed by atoms with Crippen molar-refractivity contribution in [1.29, 1.82) is 5.41 Å². The van der Waals surface area contributed by atoms with Crippen molar-refractivity contribution in [2.75, 3.05) is 13.6 Å². The maximum atomic E-state index is 12.9. The van der Waals surface area contributed by atoms with Crippen LogP contribution in [0, 0.1) is 19.3 Å². The standard InChI is InChI=1S/C21H24N4O3/c1-12-7-16(8-17(20(12)28)9-24(4)14(3)26)18(27)11-25-10-15-6-5-13(2)23-19(15)21(25)22/h5-8,22,28H,9-11H2,1-4H3. The van der Waals surface area contributed by atoms with Gasteiger partial charge in [-0.2, -0.15) is 0 Å². The lowest BCUT2D eigenvalue weighted by atomic mass is 10.0. The minimum absolute atomic E-state index is 0.0560. The fourth-order valence-electron chi connectivity index (χ4n) is 3.25. The Balaban J connectivity index is 1.81. The van der Waals surface area contributed by atoms with Crippen molar-refractivity contribution in [2.24, 2.45) is 0 Å². The zero-order valence-corrected chi connectivity index (χ0v) is 16.5. The summed E-state index contributed by atoms with van der Waals surface area (Å²) in [6, 6.07) is 7.11. The Morgan fingerprint density at radius 1 is 1.29 bits per heavy atom. The van der Waals surface area contributed by atoms with Crippen LogP contribution in [0.25, 0.3) is 0 Å². The van der Waals surface area contributed by atoms with E-state index in [0.717, 1.165) is 11.3 Å². The quantitative estimate of drug-likeness (QED) is 0.777. The molecule has 0 saturated carbocycles. The van der Waals surface area contributed by atoms with Crippen LogP contribution in [0.1, 0.15) is 45.4 Å². The third kappa shape index (κ3) is 3.74. The number of aromatic nitrogens is 1. The highest BCUT2D eigenvalue weighted by molar-refractivity contribution is 6.04. The van der Waals surface area contributed by atoms with Gasteiger partial charge in [0.15, 0.2) is 5.78 Å². The molecule has 0 saturated heterocycles. The van der Waals surface area contributed by atoms with Gasteiger partial charge in [0, 0.05) is 49.4 Å². The van der Waals surface area contributed by atoms with E-state index in [1.165, 1.54) is 11.8 Å². The molecule has 0 aliphatic carbocycles. The van der Waals surface area contributed by atoms with Crippen molar-refractivity contribution in [1.82, 2.24) is 14.8 Å². The van der Waals surface area contributed by atoms with Crippen LogP contribution in [0.3, 0.4) is 0 Å². The number of hydrogen-bond donors (Lipinski definition) is 2. The SMILES string of the molecule is CC(=O)N(C)Cc1cc(C(=O)CN2Cc3ccc(C)nc3C2=N)cc(C)c1O. The molecule has 0 spiro atoms. The first-order valence-electron chi connectivity index (χ1n) is 9.05. The van der Waals surface area contributed by atoms with Crippen LogP contribution in [-0.4, -0.2) is 51.0 Å². The number of pyridine rings is 1. The molecule has 2 aromatic rings. The molecule has 146 valence electrons. The summed E-state index contributed by atoms with van der Waals surface area (Å²) in [5.41, 5.74) is 3.96. The number of amidine groups is 1. The largest absolute Gasteiger partial charge is 0.507 e. The number of Topliss-reactive ketones (excluding diaryl/α,β-unsaturated/α-hetero) is 1. The molecule has 0 fully saturated rings. The number of rotatable bonds is 5. The Labute approximate surface area is 164 Å². The summed E-state index contributed by atoms with van der Waals surface area (Å²) in [7, 11) is 1.64. The summed E-state index contributed by atoms with van der Waals surface area (Å²) in [4.78, 5) is 32.0. The Kier molecular flexibility index (Phi) is 5.18. The van der Waals surface area contributed by atoms with Crippen molar-refractivity contribution in [3.05, 3.63) is 57.9 Å². The smallest absolute Gasteiger partial charge is 0.219 e. The second kappa shape index (κ2) is 7.42. The Morgan fingerprint density at radius 2 is 2.00 bits per heavy atom. The van der Waals surface area contributed by atoms with Gasteiger partial charge in [-0.3, -0.25) is 15.0 Å². The third-order valence-electron chi connectivity index (χ3n) is 5.00. The first-order chi connectivity index (χ1) is 13.2. The first kappa shape index (κ1) is 19.5. The lowest BCUT2D eigenvalue weighted by molar-refractivity contribution is -0.128. The highest BCUT2D eigenvalue weighted by atomic mass is 16.3. The zero-order valence-electron chi connectivity index (χ0n) is 16.5. The average molecular weight is 380 g/mol. The minimum Gasteiger partial charge on any atom is -0.507 e. The number of amides is 1. The fourth-order valence-corrected chi connectivity index (χ4v) is 3.25. The van der Waals surface area contributed by atoms with Crippen LogP contribution >= 0.6 is 0 Å². The van der Waals surface area contributed by atoms with E-state index < -0.39 is 0 Å². The van der Waals surface area contributed by atoms with Crippen molar-refractivity contribution >= 4 is 17.5 Å². The van der Waals surface area contributed by atoms with Crippen molar-refractivity contribution in [2.45, 2.75) is 33.9 Å². The second-order valence-electron chi connectivity index (χ2n) is 7.26. The summed E-state index contributed by atoms with van der Waals surface area (Å²) in [6.45, 7) is 5.80. The lowest BCUT2D eigenvalue weighted by Crippen LogP contribution is -2.30. The monoisotopic (exact) mass is 380 g/mol. The molecule has 1 aromatic carbocycles. The number of phenols is 1. The Bertz CT molecular complexity index is 984. The van der Waals surface area contributed by atoms with Gasteiger partial charge in [-0.25, -0.2) is 4.98 Å². The van der Waals surface area contributed by atoms with Crippen LogP contribution in [0.5, 0.6) is 5.75 Å². The van der Waals surface area contributed by atoms with E-state index in [1.54, 1.807) is 31.0 Å². The highest BCUT2D eigenvalue weighted by Crippen LogP contribution is 2.27. The molecule has 7 heteroatoms. The van der Waals surface area contributed by atoms with Gasteiger partial charge in [0.05, 0.1) is 6.54 Å². The molecule has 1 aromatic heterocycles. The molecular weight excluding hydrogens is 356 g/mol. The maximum Gasteiger partial charge on any atom is 0.219 e. The molecular formula is C21H24N4O3. The summed E-state index contributed by atoms with van der Waals surface area (Å²) < 4.78 is 0. The summed E-state index contributed by atoms with van der Waals surface area (Å²) >= 11 is 0. The van der Waals surface area contributed by atoms with Gasteiger partial charge >= 0.3 is 0 Å². The molecule has 28 heavy (non-hydrogen) atoms. The van der Waals surface area contributed by atoms with Gasteiger partial charge in [-0.1, -0.05) is 6.07 Å². The van der Waals surface area contributed by atoms with E-state index in [9.17, 15) is 14.7 Å². The number of ketones is 1. The first-order valence-corrected chi connectivity index (χ1v) is 9.05. The van der Waals surface area contributed by atoms with Crippen LogP contribution < -0.4 is 0 Å². The summed E-state index contributed by atoms with van der Waals surface area (Å²) in [6.07, 6.45) is 0. The molecule has 0 atom stereocenters. The number of hydrogen-bond acceptors (Lipinski definition) is 5. The number of carbonyl (C=O) groups is 2. The van der Waals surface area contributed by atoms with Gasteiger partial charge in [0.25, 0.3) is 0 Å². The van der Waals surface area contributed by atoms with Gasteiger partial charge in [-0.15, -0.1) is 0 Å². The Hall–Kier alpha value is -3.22. The van der Waals surface area contributed by atoms with Crippen molar-refractivity contribution in [3.63, 3.8) is 0 Å². The lowest BCUT2D eigenvalue weighted by Gasteiger charge is -2.19. The van der Waals surface area contributed by atoms with E-state index in [0.29, 0.717) is 28.9 Å². The van der Waals surface area contributed by atoms with Crippen molar-refractivity contribution < 1.29 is 14.7 Å². The fraction of sp³-hybridized carbons (Fsp3) is 0.333.